The molecule has 0 saturated heterocycles. The Kier molecular flexibility index (Phi) is 3.20. The van der Waals surface area contributed by atoms with Gasteiger partial charge in [-0.3, -0.25) is 0 Å². The molecule has 0 atom stereocenters. The summed E-state index contributed by atoms with van der Waals surface area (Å²) in [4.78, 5) is 0. The summed E-state index contributed by atoms with van der Waals surface area (Å²) >= 11 is 0. The molecule has 88 valence electrons. The predicted molar refractivity (Wildman–Crippen MR) is 66.9 cm³/mol. The molecule has 1 aliphatic carbocycles. The lowest BCUT2D eigenvalue weighted by Gasteiger charge is -2.28. The second-order valence-electron chi connectivity index (χ2n) is 4.88. The average Bonchev–Trinajstić information content (AvgIpc) is 2.78. The van der Waals surface area contributed by atoms with Gasteiger partial charge < -0.3 is 10.5 Å². The summed E-state index contributed by atoms with van der Waals surface area (Å²) in [5.74, 6) is 0.967. The summed E-state index contributed by atoms with van der Waals surface area (Å²) in [5, 5.41) is 0. The molecule has 0 unspecified atom stereocenters. The van der Waals surface area contributed by atoms with Gasteiger partial charge in [-0.15, -0.1) is 0 Å². The third-order valence-corrected chi connectivity index (χ3v) is 3.96. The molecule has 0 heterocycles. The minimum atomic E-state index is 0.233. The summed E-state index contributed by atoms with van der Waals surface area (Å²) in [5.41, 5.74) is 8.83. The Morgan fingerprint density at radius 1 is 1.31 bits per heavy atom. The molecule has 0 aliphatic heterocycles. The van der Waals surface area contributed by atoms with E-state index < -0.39 is 0 Å². The quantitative estimate of drug-likeness (QED) is 0.848. The van der Waals surface area contributed by atoms with Gasteiger partial charge in [-0.05, 0) is 37.0 Å². The molecule has 2 heteroatoms. The molecule has 0 bridgehead atoms. The normalized spacial score (nSPS) is 18.7. The Bertz CT molecular complexity index is 367. The summed E-state index contributed by atoms with van der Waals surface area (Å²) < 4.78 is 5.30. The topological polar surface area (TPSA) is 35.2 Å². The van der Waals surface area contributed by atoms with Crippen LogP contribution in [0, 0.1) is 6.92 Å². The third kappa shape index (κ3) is 1.82. The highest BCUT2D eigenvalue weighted by Crippen LogP contribution is 2.41. The van der Waals surface area contributed by atoms with E-state index in [0.717, 1.165) is 12.3 Å². The van der Waals surface area contributed by atoms with Crippen LogP contribution in [0.15, 0.2) is 18.2 Å². The van der Waals surface area contributed by atoms with Gasteiger partial charge in [-0.2, -0.15) is 0 Å². The molecule has 0 radical (unpaired) electrons. The van der Waals surface area contributed by atoms with Crippen LogP contribution in [0.4, 0.5) is 0 Å². The van der Waals surface area contributed by atoms with Crippen molar-refractivity contribution in [2.45, 2.75) is 38.0 Å². The third-order valence-electron chi connectivity index (χ3n) is 3.96. The van der Waals surface area contributed by atoms with E-state index in [0.29, 0.717) is 0 Å². The minimum Gasteiger partial charge on any atom is -0.496 e. The predicted octanol–water partition coefficient (Wildman–Crippen LogP) is 2.77. The fourth-order valence-corrected chi connectivity index (χ4v) is 2.87. The molecular formula is C14H21NO. The van der Waals surface area contributed by atoms with Gasteiger partial charge in [0.05, 0.1) is 7.11 Å². The van der Waals surface area contributed by atoms with Crippen LogP contribution < -0.4 is 10.5 Å². The lowest BCUT2D eigenvalue weighted by molar-refractivity contribution is 0.409. The number of benzene rings is 1. The molecule has 2 N–H and O–H groups in total. The zero-order valence-corrected chi connectivity index (χ0v) is 10.3. The van der Waals surface area contributed by atoms with Crippen LogP contribution in [0.3, 0.4) is 0 Å². The van der Waals surface area contributed by atoms with E-state index in [-0.39, 0.29) is 5.41 Å². The van der Waals surface area contributed by atoms with Gasteiger partial charge in [-0.25, -0.2) is 0 Å². The summed E-state index contributed by atoms with van der Waals surface area (Å²) in [7, 11) is 1.72. The summed E-state index contributed by atoms with van der Waals surface area (Å²) in [6.45, 7) is 2.86. The van der Waals surface area contributed by atoms with Crippen LogP contribution in [-0.4, -0.2) is 13.7 Å². The molecule has 2 rings (SSSR count). The fourth-order valence-electron chi connectivity index (χ4n) is 2.87. The Hall–Kier alpha value is -1.02. The molecule has 0 aromatic heterocycles. The molecule has 16 heavy (non-hydrogen) atoms. The van der Waals surface area contributed by atoms with E-state index in [4.69, 9.17) is 10.5 Å². The van der Waals surface area contributed by atoms with Crippen molar-refractivity contribution in [3.63, 3.8) is 0 Å². The van der Waals surface area contributed by atoms with Gasteiger partial charge in [0.2, 0.25) is 0 Å². The number of aryl methyl sites for hydroxylation is 1. The van der Waals surface area contributed by atoms with Gasteiger partial charge in [-0.1, -0.05) is 25.0 Å². The molecule has 1 aromatic rings. The first-order chi connectivity index (χ1) is 7.72. The smallest absolute Gasteiger partial charge is 0.121 e. The highest BCUT2D eigenvalue weighted by Gasteiger charge is 2.34. The lowest BCUT2D eigenvalue weighted by Crippen LogP contribution is -2.32. The van der Waals surface area contributed by atoms with Gasteiger partial charge in [0.25, 0.3) is 0 Å². The Morgan fingerprint density at radius 3 is 2.50 bits per heavy atom. The van der Waals surface area contributed by atoms with Crippen molar-refractivity contribution >= 4 is 0 Å². The van der Waals surface area contributed by atoms with E-state index in [9.17, 15) is 0 Å². The Morgan fingerprint density at radius 2 is 2.00 bits per heavy atom. The average molecular weight is 219 g/mol. The molecule has 0 spiro atoms. The van der Waals surface area contributed by atoms with Gasteiger partial charge >= 0.3 is 0 Å². The van der Waals surface area contributed by atoms with E-state index in [1.54, 1.807) is 7.11 Å². The van der Waals surface area contributed by atoms with E-state index in [1.807, 2.05) is 0 Å². The summed E-state index contributed by atoms with van der Waals surface area (Å²) in [6.07, 6.45) is 5.08. The molecule has 1 fully saturated rings. The second kappa shape index (κ2) is 4.46. The maximum Gasteiger partial charge on any atom is 0.121 e. The Labute approximate surface area is 97.8 Å². The largest absolute Gasteiger partial charge is 0.496 e. The van der Waals surface area contributed by atoms with Crippen LogP contribution in [0.1, 0.15) is 36.8 Å². The minimum absolute atomic E-state index is 0.233. The maximum absolute atomic E-state index is 5.99. The Balaban J connectivity index is 2.36. The SMILES string of the molecule is COc1ccc(C2(CN)CCCC2)cc1C. The zero-order chi connectivity index (χ0) is 11.6. The van der Waals surface area contributed by atoms with Crippen molar-refractivity contribution in [2.24, 2.45) is 5.73 Å². The summed E-state index contributed by atoms with van der Waals surface area (Å²) in [6, 6.07) is 6.50. The van der Waals surface area contributed by atoms with Gasteiger partial charge in [0.1, 0.15) is 5.75 Å². The first-order valence-corrected chi connectivity index (χ1v) is 6.07. The van der Waals surface area contributed by atoms with Crippen LogP contribution in [0.2, 0.25) is 0 Å². The zero-order valence-electron chi connectivity index (χ0n) is 10.3. The molecule has 0 amide bonds. The van der Waals surface area contributed by atoms with E-state index >= 15 is 0 Å². The van der Waals surface area contributed by atoms with Crippen molar-refractivity contribution in [3.05, 3.63) is 29.3 Å². The molecular weight excluding hydrogens is 198 g/mol. The van der Waals surface area contributed by atoms with Crippen LogP contribution >= 0.6 is 0 Å². The number of methoxy groups -OCH3 is 1. The molecule has 2 nitrogen and oxygen atoms in total. The monoisotopic (exact) mass is 219 g/mol. The van der Waals surface area contributed by atoms with E-state index in [1.165, 1.54) is 36.8 Å². The van der Waals surface area contributed by atoms with Crippen molar-refractivity contribution in [1.29, 1.82) is 0 Å². The molecule has 1 aliphatic rings. The number of hydrogen-bond donors (Lipinski definition) is 1. The molecule has 1 aromatic carbocycles. The van der Waals surface area contributed by atoms with Crippen molar-refractivity contribution in [1.82, 2.24) is 0 Å². The van der Waals surface area contributed by atoms with E-state index in [2.05, 4.69) is 25.1 Å². The maximum atomic E-state index is 5.99. The number of nitrogens with two attached hydrogens (primary N) is 1. The van der Waals surface area contributed by atoms with Crippen LogP contribution in [0.5, 0.6) is 5.75 Å². The van der Waals surface area contributed by atoms with Crippen molar-refractivity contribution in [3.8, 4) is 5.75 Å². The lowest BCUT2D eigenvalue weighted by atomic mass is 9.78. The number of hydrogen-bond acceptors (Lipinski definition) is 2. The number of rotatable bonds is 3. The van der Waals surface area contributed by atoms with Crippen LogP contribution in [-0.2, 0) is 5.41 Å². The van der Waals surface area contributed by atoms with Crippen LogP contribution in [0.25, 0.3) is 0 Å². The fraction of sp³-hybridized carbons (Fsp3) is 0.571. The first kappa shape index (κ1) is 11.5. The number of ether oxygens (including phenoxy) is 1. The van der Waals surface area contributed by atoms with Crippen molar-refractivity contribution in [2.75, 3.05) is 13.7 Å². The second-order valence-corrected chi connectivity index (χ2v) is 4.88. The van der Waals surface area contributed by atoms with Gasteiger partial charge in [0.15, 0.2) is 0 Å². The molecule has 1 saturated carbocycles. The van der Waals surface area contributed by atoms with Gasteiger partial charge in [0, 0.05) is 12.0 Å². The highest BCUT2D eigenvalue weighted by molar-refractivity contribution is 5.40. The first-order valence-electron chi connectivity index (χ1n) is 6.07. The highest BCUT2D eigenvalue weighted by atomic mass is 16.5. The van der Waals surface area contributed by atoms with Crippen molar-refractivity contribution < 1.29 is 4.74 Å². The standard InChI is InChI=1S/C14H21NO/c1-11-9-12(5-6-13(11)16-2)14(10-15)7-3-4-8-14/h5-6,9H,3-4,7-8,10,15H2,1-2H3.